The lowest BCUT2D eigenvalue weighted by molar-refractivity contribution is -0.344. The molecule has 4 N–H and O–H groups in total. The molecule has 44 heavy (non-hydrogen) atoms. The lowest BCUT2D eigenvalue weighted by Gasteiger charge is -2.60. The third-order valence-corrected chi connectivity index (χ3v) is 15.8. The maximum atomic E-state index is 10.7. The second kappa shape index (κ2) is 8.50. The van der Waals surface area contributed by atoms with Crippen molar-refractivity contribution in [2.45, 2.75) is 154 Å². The molecule has 9 heteroatoms. The highest BCUT2D eigenvalue weighted by molar-refractivity contribution is 5.46. The number of ether oxygens (including phenoxy) is 5. The van der Waals surface area contributed by atoms with Gasteiger partial charge in [-0.1, -0.05) is 46.3 Å². The number of hydrogen-bond acceptors (Lipinski definition) is 9. The van der Waals surface area contributed by atoms with E-state index in [-0.39, 0.29) is 52.0 Å². The average Bonchev–Trinajstić information content (AvgIpc) is 3.80. The third-order valence-electron chi connectivity index (χ3n) is 15.8. The molecule has 246 valence electrons. The van der Waals surface area contributed by atoms with Gasteiger partial charge < -0.3 is 44.1 Å². The first-order valence-electron chi connectivity index (χ1n) is 17.3. The molecule has 17 atom stereocenters. The van der Waals surface area contributed by atoms with Crippen molar-refractivity contribution in [3.8, 4) is 0 Å². The second-order valence-corrected chi connectivity index (χ2v) is 17.8. The molecule has 4 aliphatic heterocycles. The molecule has 0 aromatic heterocycles. The van der Waals surface area contributed by atoms with E-state index in [2.05, 4.69) is 40.7 Å². The van der Waals surface area contributed by atoms with Crippen LogP contribution in [0.25, 0.3) is 0 Å². The fourth-order valence-corrected chi connectivity index (χ4v) is 13.4. The van der Waals surface area contributed by atoms with Gasteiger partial charge in [0.1, 0.15) is 30.0 Å². The van der Waals surface area contributed by atoms with Crippen LogP contribution in [0.1, 0.15) is 92.9 Å². The zero-order valence-corrected chi connectivity index (χ0v) is 27.1. The molecule has 0 radical (unpaired) electrons. The van der Waals surface area contributed by atoms with Crippen LogP contribution in [-0.4, -0.2) is 87.6 Å². The average molecular weight is 617 g/mol. The Bertz CT molecular complexity index is 1300. The molecule has 0 unspecified atom stereocenters. The lowest BCUT2D eigenvalue weighted by atomic mass is 9.45. The van der Waals surface area contributed by atoms with Gasteiger partial charge in [0.05, 0.1) is 18.8 Å². The summed E-state index contributed by atoms with van der Waals surface area (Å²) in [6.07, 6.45) is 5.31. The summed E-state index contributed by atoms with van der Waals surface area (Å²) in [6.45, 7) is 14.0. The number of aliphatic hydroxyl groups is 4. The molecule has 4 heterocycles. The molecule has 9 nitrogen and oxygen atoms in total. The Morgan fingerprint density at radius 1 is 0.909 bits per heavy atom. The number of epoxide rings is 1. The van der Waals surface area contributed by atoms with Gasteiger partial charge >= 0.3 is 0 Å². The molecule has 0 aromatic carbocycles. The van der Waals surface area contributed by atoms with Gasteiger partial charge in [0, 0.05) is 6.42 Å². The maximum Gasteiger partial charge on any atom is 0.201 e. The second-order valence-electron chi connectivity index (χ2n) is 17.8. The van der Waals surface area contributed by atoms with E-state index < -0.39 is 42.3 Å². The number of fused-ring (bicyclic) bond motifs is 6. The van der Waals surface area contributed by atoms with E-state index >= 15 is 0 Å². The zero-order chi connectivity index (χ0) is 31.0. The van der Waals surface area contributed by atoms with Crippen molar-refractivity contribution < 1.29 is 44.1 Å². The van der Waals surface area contributed by atoms with Crippen molar-refractivity contribution in [1.29, 1.82) is 0 Å². The summed E-state index contributed by atoms with van der Waals surface area (Å²) in [6, 6.07) is 0. The SMILES string of the molecule is C[C@@H]1C[C@]2(O[C@@H]3C[C@@]4(C)C5=CC[C@H]6C(C)(C)[C@H](O[C@@H]7OC[C@@H](O)[C@H](O)[C@H]7O)CC[C@@]67C[C@@]57CC[C@]4(C)[C@H]13)O[C@H](O)[C@@]1(C)O[C@H]21. The normalized spacial score (nSPS) is 64.6. The molecular weight excluding hydrogens is 564 g/mol. The van der Waals surface area contributed by atoms with Crippen LogP contribution in [0.15, 0.2) is 11.6 Å². The minimum atomic E-state index is -1.26. The molecule has 4 saturated heterocycles. The Kier molecular flexibility index (Phi) is 5.70. The topological polar surface area (TPSA) is 130 Å². The monoisotopic (exact) mass is 616 g/mol. The van der Waals surface area contributed by atoms with Crippen LogP contribution < -0.4 is 0 Å². The minimum Gasteiger partial charge on any atom is -0.388 e. The highest BCUT2D eigenvalue weighted by Crippen LogP contribution is 2.88. The molecule has 8 fully saturated rings. The molecule has 3 spiro atoms. The first kappa shape index (κ1) is 29.5. The Morgan fingerprint density at radius 3 is 2.39 bits per heavy atom. The van der Waals surface area contributed by atoms with Gasteiger partial charge in [-0.05, 0) is 96.7 Å². The van der Waals surface area contributed by atoms with Gasteiger partial charge in [-0.25, -0.2) is 0 Å². The summed E-state index contributed by atoms with van der Waals surface area (Å²) >= 11 is 0. The lowest BCUT2D eigenvalue weighted by Crippen LogP contribution is -2.58. The van der Waals surface area contributed by atoms with Gasteiger partial charge in [0.15, 0.2) is 12.6 Å². The number of rotatable bonds is 2. The van der Waals surface area contributed by atoms with Gasteiger partial charge in [0.2, 0.25) is 5.79 Å². The Balaban J connectivity index is 1.00. The summed E-state index contributed by atoms with van der Waals surface area (Å²) in [5, 5.41) is 41.4. The van der Waals surface area contributed by atoms with E-state index in [0.717, 1.165) is 32.1 Å². The van der Waals surface area contributed by atoms with E-state index in [1.165, 1.54) is 19.3 Å². The fraction of sp³-hybridized carbons (Fsp3) is 0.943. The smallest absolute Gasteiger partial charge is 0.201 e. The maximum absolute atomic E-state index is 10.7. The van der Waals surface area contributed by atoms with Crippen LogP contribution in [0.2, 0.25) is 0 Å². The van der Waals surface area contributed by atoms with E-state index in [1.807, 2.05) is 6.92 Å². The van der Waals surface area contributed by atoms with E-state index in [1.54, 1.807) is 5.57 Å². The Labute approximate surface area is 260 Å². The number of hydrogen-bond donors (Lipinski definition) is 4. The van der Waals surface area contributed by atoms with Gasteiger partial charge in [-0.15, -0.1) is 0 Å². The molecule has 9 aliphatic rings. The molecule has 9 rings (SSSR count). The summed E-state index contributed by atoms with van der Waals surface area (Å²) in [5.74, 6) is 0.460. The Morgan fingerprint density at radius 2 is 1.68 bits per heavy atom. The molecule has 5 aliphatic carbocycles. The predicted molar refractivity (Wildman–Crippen MR) is 157 cm³/mol. The first-order valence-corrected chi connectivity index (χ1v) is 17.3. The van der Waals surface area contributed by atoms with E-state index in [9.17, 15) is 20.4 Å². The highest BCUT2D eigenvalue weighted by atomic mass is 16.8. The minimum absolute atomic E-state index is 0.0360. The summed E-state index contributed by atoms with van der Waals surface area (Å²) < 4.78 is 31.3. The standard InChI is InChI=1S/C35H52O9/c1-17-13-35(27-32(6,43-27)28(39)44-35)42-19-14-31(5)21-8-7-20-29(2,3)22(41-26-25(38)24(37)18(36)15-40-26)9-10-33(20)16-34(21,33)12-11-30(31,4)23(17)19/h8,17-20,22-28,36-39H,7,9-16H2,1-6H3/t17-,18-,19-,20+,22-,23-,24+,25-,26+,27+,28+,30-,31+,32+,33-,34+,35+/m1/s1. The number of aliphatic hydroxyl groups excluding tert-OH is 4. The van der Waals surface area contributed by atoms with Crippen LogP contribution >= 0.6 is 0 Å². The molecule has 4 saturated carbocycles. The van der Waals surface area contributed by atoms with Gasteiger partial charge in [-0.2, -0.15) is 0 Å². The summed E-state index contributed by atoms with van der Waals surface area (Å²) in [5.41, 5.74) is 1.56. The number of allylic oxidation sites excluding steroid dienone is 2. The third kappa shape index (κ3) is 3.19. The molecule has 0 bridgehead atoms. The zero-order valence-electron chi connectivity index (χ0n) is 27.1. The largest absolute Gasteiger partial charge is 0.388 e. The summed E-state index contributed by atoms with van der Waals surface area (Å²) in [7, 11) is 0. The quantitative estimate of drug-likeness (QED) is 0.272. The van der Waals surface area contributed by atoms with Crippen LogP contribution in [0.3, 0.4) is 0 Å². The Hall–Kier alpha value is -0.620. The van der Waals surface area contributed by atoms with E-state index in [0.29, 0.717) is 17.8 Å². The van der Waals surface area contributed by atoms with Crippen molar-refractivity contribution in [3.63, 3.8) is 0 Å². The van der Waals surface area contributed by atoms with Crippen LogP contribution in [-0.2, 0) is 23.7 Å². The van der Waals surface area contributed by atoms with Crippen LogP contribution in [0.4, 0.5) is 0 Å². The van der Waals surface area contributed by atoms with Gasteiger partial charge in [0.25, 0.3) is 0 Å². The van der Waals surface area contributed by atoms with Crippen molar-refractivity contribution in [3.05, 3.63) is 11.6 Å². The van der Waals surface area contributed by atoms with Crippen molar-refractivity contribution in [2.75, 3.05) is 6.61 Å². The molecule has 0 amide bonds. The van der Waals surface area contributed by atoms with Crippen molar-refractivity contribution >= 4 is 0 Å². The highest BCUT2D eigenvalue weighted by Gasteiger charge is 2.83. The van der Waals surface area contributed by atoms with Crippen molar-refractivity contribution in [1.82, 2.24) is 0 Å². The van der Waals surface area contributed by atoms with E-state index in [4.69, 9.17) is 23.7 Å². The fourth-order valence-electron chi connectivity index (χ4n) is 13.4. The molecular formula is C35H52O9. The first-order chi connectivity index (χ1) is 20.6. The van der Waals surface area contributed by atoms with Crippen molar-refractivity contribution in [2.24, 2.45) is 44.8 Å². The predicted octanol–water partition coefficient (Wildman–Crippen LogP) is 3.41. The van der Waals surface area contributed by atoms with Gasteiger partial charge in [-0.3, -0.25) is 0 Å². The van der Waals surface area contributed by atoms with Crippen LogP contribution in [0, 0.1) is 44.8 Å². The molecule has 0 aromatic rings. The summed E-state index contributed by atoms with van der Waals surface area (Å²) in [4.78, 5) is 0. The van der Waals surface area contributed by atoms with Crippen LogP contribution in [0.5, 0.6) is 0 Å².